The minimum Gasteiger partial charge on any atom is -0.327 e. The molecule has 2 atom stereocenters. The number of hydrogen-bond acceptors (Lipinski definition) is 4. The van der Waals surface area contributed by atoms with E-state index in [1.807, 2.05) is 19.9 Å². The van der Waals surface area contributed by atoms with Gasteiger partial charge < -0.3 is 5.73 Å². The molecule has 0 saturated carbocycles. The predicted molar refractivity (Wildman–Crippen MR) is 80.2 cm³/mol. The Morgan fingerprint density at radius 2 is 2.00 bits per heavy atom. The van der Waals surface area contributed by atoms with Gasteiger partial charge in [-0.1, -0.05) is 41.6 Å². The molecule has 2 aromatic rings. The number of aromatic nitrogens is 2. The molecule has 0 radical (unpaired) electrons. The van der Waals surface area contributed by atoms with E-state index in [-0.39, 0.29) is 11.3 Å². The summed E-state index contributed by atoms with van der Waals surface area (Å²) < 4.78 is 0. The van der Waals surface area contributed by atoms with Crippen molar-refractivity contribution in [2.45, 2.75) is 37.2 Å². The molecule has 2 N–H and O–H groups in total. The summed E-state index contributed by atoms with van der Waals surface area (Å²) in [6, 6.07) is 10.4. The first kappa shape index (κ1) is 14.0. The molecule has 0 amide bonds. The zero-order chi connectivity index (χ0) is 13.8. The van der Waals surface area contributed by atoms with Crippen molar-refractivity contribution >= 4 is 11.8 Å². The predicted octanol–water partition coefficient (Wildman–Crippen LogP) is 3.27. The lowest BCUT2D eigenvalue weighted by Gasteiger charge is -2.20. The molecule has 0 aliphatic rings. The van der Waals surface area contributed by atoms with E-state index < -0.39 is 0 Å². The van der Waals surface area contributed by atoms with Gasteiger partial charge in [0.05, 0.1) is 5.25 Å². The van der Waals surface area contributed by atoms with Gasteiger partial charge in [-0.25, -0.2) is 9.97 Å². The fourth-order valence-corrected chi connectivity index (χ4v) is 2.97. The monoisotopic (exact) mass is 273 g/mol. The van der Waals surface area contributed by atoms with Crippen molar-refractivity contribution in [3.63, 3.8) is 0 Å². The molecule has 2 rings (SSSR count). The third-order valence-electron chi connectivity index (χ3n) is 2.85. The quantitative estimate of drug-likeness (QED) is 0.686. The number of nitrogens with two attached hydrogens (primary N) is 1. The minimum absolute atomic E-state index is 0.0379. The maximum atomic E-state index is 6.13. The Labute approximate surface area is 118 Å². The summed E-state index contributed by atoms with van der Waals surface area (Å²) in [7, 11) is 0. The Hall–Kier alpha value is -1.39. The standard InChI is InChI=1S/C15H19N3S/c1-10-5-4-6-13(9-10)14(12(3)16)19-15-17-8-7-11(2)18-15/h4-9,12,14H,16H2,1-3H3. The van der Waals surface area contributed by atoms with Gasteiger partial charge in [-0.05, 0) is 32.4 Å². The Morgan fingerprint density at radius 3 is 2.63 bits per heavy atom. The second-order valence-electron chi connectivity index (χ2n) is 4.79. The van der Waals surface area contributed by atoms with Gasteiger partial charge in [-0.2, -0.15) is 0 Å². The smallest absolute Gasteiger partial charge is 0.188 e. The van der Waals surface area contributed by atoms with E-state index in [1.165, 1.54) is 11.1 Å². The summed E-state index contributed by atoms with van der Waals surface area (Å²) in [4.78, 5) is 8.75. The van der Waals surface area contributed by atoms with Crippen LogP contribution in [-0.2, 0) is 0 Å². The summed E-state index contributed by atoms with van der Waals surface area (Å²) in [6.07, 6.45) is 1.79. The third kappa shape index (κ3) is 3.78. The van der Waals surface area contributed by atoms with Crippen LogP contribution in [0, 0.1) is 13.8 Å². The van der Waals surface area contributed by atoms with Crippen molar-refractivity contribution in [1.82, 2.24) is 9.97 Å². The molecule has 0 saturated heterocycles. The van der Waals surface area contributed by atoms with Crippen molar-refractivity contribution in [2.24, 2.45) is 5.73 Å². The number of rotatable bonds is 4. The molecule has 0 spiro atoms. The van der Waals surface area contributed by atoms with E-state index in [0.29, 0.717) is 0 Å². The largest absolute Gasteiger partial charge is 0.327 e. The lowest BCUT2D eigenvalue weighted by molar-refractivity contribution is 0.717. The highest BCUT2D eigenvalue weighted by molar-refractivity contribution is 7.99. The molecular weight excluding hydrogens is 254 g/mol. The van der Waals surface area contributed by atoms with Gasteiger partial charge in [0.1, 0.15) is 0 Å². The summed E-state index contributed by atoms with van der Waals surface area (Å²) in [5.41, 5.74) is 9.58. The summed E-state index contributed by atoms with van der Waals surface area (Å²) >= 11 is 1.63. The van der Waals surface area contributed by atoms with Crippen LogP contribution in [0.25, 0.3) is 0 Å². The molecule has 0 bridgehead atoms. The van der Waals surface area contributed by atoms with E-state index in [4.69, 9.17) is 5.73 Å². The lowest BCUT2D eigenvalue weighted by atomic mass is 10.0. The van der Waals surface area contributed by atoms with Gasteiger partial charge in [0.2, 0.25) is 0 Å². The van der Waals surface area contributed by atoms with Crippen molar-refractivity contribution < 1.29 is 0 Å². The number of thioether (sulfide) groups is 1. The Kier molecular flexibility index (Phi) is 4.56. The molecule has 19 heavy (non-hydrogen) atoms. The molecule has 1 aromatic heterocycles. The Balaban J connectivity index is 2.26. The molecule has 4 heteroatoms. The first-order valence-electron chi connectivity index (χ1n) is 6.34. The maximum absolute atomic E-state index is 6.13. The molecule has 2 unspecified atom stereocenters. The van der Waals surface area contributed by atoms with Crippen LogP contribution in [0.15, 0.2) is 41.7 Å². The number of hydrogen-bond donors (Lipinski definition) is 1. The summed E-state index contributed by atoms with van der Waals surface area (Å²) in [6.45, 7) is 6.09. The van der Waals surface area contributed by atoms with Crippen molar-refractivity contribution in [1.29, 1.82) is 0 Å². The molecule has 3 nitrogen and oxygen atoms in total. The molecular formula is C15H19N3S. The molecule has 0 aliphatic carbocycles. The van der Waals surface area contributed by atoms with Gasteiger partial charge >= 0.3 is 0 Å². The van der Waals surface area contributed by atoms with Crippen LogP contribution in [0.5, 0.6) is 0 Å². The fraction of sp³-hybridized carbons (Fsp3) is 0.333. The van der Waals surface area contributed by atoms with Crippen LogP contribution in [0.3, 0.4) is 0 Å². The number of aryl methyl sites for hydroxylation is 2. The highest BCUT2D eigenvalue weighted by Gasteiger charge is 2.19. The van der Waals surface area contributed by atoms with Crippen LogP contribution >= 0.6 is 11.8 Å². The number of nitrogens with zero attached hydrogens (tertiary/aromatic N) is 2. The van der Waals surface area contributed by atoms with Gasteiger partial charge in [-0.15, -0.1) is 0 Å². The highest BCUT2D eigenvalue weighted by Crippen LogP contribution is 2.35. The first-order valence-corrected chi connectivity index (χ1v) is 7.22. The fourth-order valence-electron chi connectivity index (χ4n) is 1.92. The molecule has 100 valence electrons. The van der Waals surface area contributed by atoms with E-state index in [0.717, 1.165) is 10.9 Å². The van der Waals surface area contributed by atoms with Crippen molar-refractivity contribution in [2.75, 3.05) is 0 Å². The maximum Gasteiger partial charge on any atom is 0.188 e. The van der Waals surface area contributed by atoms with Gasteiger partial charge in [0.25, 0.3) is 0 Å². The van der Waals surface area contributed by atoms with E-state index in [9.17, 15) is 0 Å². The Bertz CT molecular complexity index is 555. The average Bonchev–Trinajstić information content (AvgIpc) is 2.35. The lowest BCUT2D eigenvalue weighted by Crippen LogP contribution is -2.22. The average molecular weight is 273 g/mol. The summed E-state index contributed by atoms with van der Waals surface area (Å²) in [5, 5.41) is 0.950. The SMILES string of the molecule is Cc1cccc(C(Sc2nccc(C)n2)C(C)N)c1. The topological polar surface area (TPSA) is 51.8 Å². The highest BCUT2D eigenvalue weighted by atomic mass is 32.2. The molecule has 1 heterocycles. The minimum atomic E-state index is 0.0379. The van der Waals surface area contributed by atoms with Gasteiger partial charge in [0.15, 0.2) is 5.16 Å². The summed E-state index contributed by atoms with van der Waals surface area (Å²) in [5.74, 6) is 0. The van der Waals surface area contributed by atoms with E-state index in [1.54, 1.807) is 18.0 Å². The van der Waals surface area contributed by atoms with Crippen molar-refractivity contribution in [3.8, 4) is 0 Å². The molecule has 0 fully saturated rings. The second kappa shape index (κ2) is 6.17. The van der Waals surface area contributed by atoms with Crippen LogP contribution in [0.4, 0.5) is 0 Å². The zero-order valence-electron chi connectivity index (χ0n) is 11.5. The van der Waals surface area contributed by atoms with Gasteiger partial charge in [0, 0.05) is 17.9 Å². The number of benzene rings is 1. The second-order valence-corrected chi connectivity index (χ2v) is 5.90. The van der Waals surface area contributed by atoms with Gasteiger partial charge in [-0.3, -0.25) is 0 Å². The molecule has 1 aromatic carbocycles. The zero-order valence-corrected chi connectivity index (χ0v) is 12.3. The Morgan fingerprint density at radius 1 is 1.21 bits per heavy atom. The van der Waals surface area contributed by atoms with Crippen LogP contribution in [0.1, 0.15) is 29.0 Å². The van der Waals surface area contributed by atoms with E-state index in [2.05, 4.69) is 41.2 Å². The normalized spacial score (nSPS) is 14.1. The first-order chi connectivity index (χ1) is 9.06. The van der Waals surface area contributed by atoms with Crippen LogP contribution in [-0.4, -0.2) is 16.0 Å². The van der Waals surface area contributed by atoms with Crippen molar-refractivity contribution in [3.05, 3.63) is 53.3 Å². The molecule has 0 aliphatic heterocycles. The van der Waals surface area contributed by atoms with Crippen LogP contribution in [0.2, 0.25) is 0 Å². The van der Waals surface area contributed by atoms with E-state index >= 15 is 0 Å². The third-order valence-corrected chi connectivity index (χ3v) is 4.22. The van der Waals surface area contributed by atoms with Crippen LogP contribution < -0.4 is 5.73 Å².